The molecule has 0 radical (unpaired) electrons. The number of carbonyl (C=O) groups excluding carboxylic acids is 1. The second-order valence-electron chi connectivity index (χ2n) is 4.92. The lowest BCUT2D eigenvalue weighted by Crippen LogP contribution is -2.45. The van der Waals surface area contributed by atoms with Gasteiger partial charge in [0.25, 0.3) is 0 Å². The summed E-state index contributed by atoms with van der Waals surface area (Å²) in [6, 6.07) is 0. The topological polar surface area (TPSA) is 83.8 Å². The molecule has 100 valence electrons. The maximum atomic E-state index is 12.0. The van der Waals surface area contributed by atoms with E-state index in [1.54, 1.807) is 0 Å². The first-order valence-electron chi connectivity index (χ1n) is 6.33. The molecular weight excluding hydrogens is 236 g/mol. The van der Waals surface area contributed by atoms with Crippen molar-refractivity contribution in [2.45, 2.75) is 19.3 Å². The van der Waals surface area contributed by atoms with E-state index in [9.17, 15) is 14.7 Å². The number of hydrogen-bond donors (Lipinski definition) is 2. The molecule has 4 atom stereocenters. The summed E-state index contributed by atoms with van der Waals surface area (Å²) in [4.78, 5) is 23.3. The van der Waals surface area contributed by atoms with Crippen LogP contribution in [0, 0.1) is 23.7 Å². The van der Waals surface area contributed by atoms with Crippen LogP contribution in [-0.2, 0) is 14.3 Å². The van der Waals surface area contributed by atoms with Crippen LogP contribution in [0.1, 0.15) is 19.3 Å². The second kappa shape index (κ2) is 5.52. The molecule has 0 spiro atoms. The number of ether oxygens (including phenoxy) is 1. The zero-order valence-corrected chi connectivity index (χ0v) is 10.1. The van der Waals surface area contributed by atoms with E-state index >= 15 is 0 Å². The Bertz CT molecular complexity index is 362. The van der Waals surface area contributed by atoms with E-state index in [0.29, 0.717) is 6.42 Å². The molecule has 0 aromatic carbocycles. The molecule has 1 fully saturated rings. The monoisotopic (exact) mass is 254 g/mol. The Labute approximate surface area is 105 Å². The first-order valence-corrected chi connectivity index (χ1v) is 6.33. The molecule has 0 aliphatic heterocycles. The molecule has 4 unspecified atom stereocenters. The lowest BCUT2D eigenvalue weighted by Gasteiger charge is -2.41. The molecule has 5 heteroatoms. The van der Waals surface area contributed by atoms with Crippen molar-refractivity contribution in [3.63, 3.8) is 0 Å². The normalized spacial score (nSPS) is 33.4. The quantitative estimate of drug-likeness (QED) is 0.431. The molecule has 1 saturated carbocycles. The van der Waals surface area contributed by atoms with E-state index in [0.717, 1.165) is 12.8 Å². The van der Waals surface area contributed by atoms with Crippen LogP contribution in [0.5, 0.6) is 0 Å². The smallest absolute Gasteiger partial charge is 0.310 e. The van der Waals surface area contributed by atoms with Crippen LogP contribution < -0.4 is 0 Å². The molecular formula is C13H18O5. The lowest BCUT2D eigenvalue weighted by molar-refractivity contribution is -0.164. The van der Waals surface area contributed by atoms with Crippen molar-refractivity contribution < 1.29 is 24.5 Å². The van der Waals surface area contributed by atoms with Crippen LogP contribution in [0.15, 0.2) is 12.2 Å². The third-order valence-corrected chi connectivity index (χ3v) is 3.85. The third-order valence-electron chi connectivity index (χ3n) is 3.85. The van der Waals surface area contributed by atoms with Gasteiger partial charge in [-0.1, -0.05) is 12.2 Å². The summed E-state index contributed by atoms with van der Waals surface area (Å²) in [7, 11) is 0. The van der Waals surface area contributed by atoms with Gasteiger partial charge in [0.05, 0.1) is 18.4 Å². The summed E-state index contributed by atoms with van der Waals surface area (Å²) < 4.78 is 5.06. The van der Waals surface area contributed by atoms with Gasteiger partial charge < -0.3 is 14.9 Å². The number of carboxylic acid groups (broad SMARTS) is 1. The third kappa shape index (κ3) is 2.41. The number of aliphatic carboxylic acids is 1. The van der Waals surface area contributed by atoms with E-state index in [2.05, 4.69) is 0 Å². The predicted molar refractivity (Wildman–Crippen MR) is 62.6 cm³/mol. The van der Waals surface area contributed by atoms with Gasteiger partial charge in [0.15, 0.2) is 0 Å². The summed E-state index contributed by atoms with van der Waals surface area (Å²) in [5, 5.41) is 17.9. The first-order chi connectivity index (χ1) is 8.65. The predicted octanol–water partition coefficient (Wildman–Crippen LogP) is 0.825. The van der Waals surface area contributed by atoms with Crippen LogP contribution in [0.2, 0.25) is 0 Å². The molecule has 3 aliphatic carbocycles. The summed E-state index contributed by atoms with van der Waals surface area (Å²) in [5.74, 6) is -2.64. The first kappa shape index (κ1) is 13.1. The van der Waals surface area contributed by atoms with E-state index in [4.69, 9.17) is 9.84 Å². The van der Waals surface area contributed by atoms with Crippen molar-refractivity contribution in [3.8, 4) is 0 Å². The summed E-state index contributed by atoms with van der Waals surface area (Å²) in [6.45, 7) is 0.117. The van der Waals surface area contributed by atoms with Crippen molar-refractivity contribution in [1.82, 2.24) is 0 Å². The summed E-state index contributed by atoms with van der Waals surface area (Å²) >= 11 is 0. The maximum absolute atomic E-state index is 12.0. The number of hydrogen-bond acceptors (Lipinski definition) is 4. The Morgan fingerprint density at radius 2 is 1.78 bits per heavy atom. The van der Waals surface area contributed by atoms with Crippen LogP contribution in [-0.4, -0.2) is 35.4 Å². The molecule has 5 nitrogen and oxygen atoms in total. The van der Waals surface area contributed by atoms with E-state index in [-0.39, 0.29) is 25.0 Å². The van der Waals surface area contributed by atoms with Gasteiger partial charge in [0, 0.05) is 13.0 Å². The van der Waals surface area contributed by atoms with Gasteiger partial charge in [0.2, 0.25) is 0 Å². The molecule has 0 amide bonds. The van der Waals surface area contributed by atoms with Gasteiger partial charge in [-0.25, -0.2) is 0 Å². The van der Waals surface area contributed by atoms with Gasteiger partial charge in [0.1, 0.15) is 0 Å². The van der Waals surface area contributed by atoms with Gasteiger partial charge in [-0.2, -0.15) is 0 Å². The Kier molecular flexibility index (Phi) is 4.01. The molecule has 2 N–H and O–H groups in total. The molecule has 3 rings (SSSR count). The fourth-order valence-electron chi connectivity index (χ4n) is 2.99. The van der Waals surface area contributed by atoms with Crippen LogP contribution in [0.25, 0.3) is 0 Å². The Morgan fingerprint density at radius 3 is 2.28 bits per heavy atom. The zero-order valence-electron chi connectivity index (χ0n) is 10.1. The highest BCUT2D eigenvalue weighted by molar-refractivity contribution is 5.82. The van der Waals surface area contributed by atoms with Gasteiger partial charge in [-0.05, 0) is 24.7 Å². The van der Waals surface area contributed by atoms with Gasteiger partial charge >= 0.3 is 11.9 Å². The van der Waals surface area contributed by atoms with Crippen LogP contribution in [0.4, 0.5) is 0 Å². The molecule has 0 aromatic heterocycles. The number of rotatable bonds is 5. The van der Waals surface area contributed by atoms with Crippen molar-refractivity contribution in [2.24, 2.45) is 23.7 Å². The fraction of sp³-hybridized carbons (Fsp3) is 0.692. The van der Waals surface area contributed by atoms with E-state index in [1.807, 2.05) is 12.2 Å². The molecule has 0 aromatic rings. The number of carbonyl (C=O) groups is 2. The Hall–Kier alpha value is -1.36. The number of allylic oxidation sites excluding steroid dienone is 2. The van der Waals surface area contributed by atoms with Crippen LogP contribution >= 0.6 is 0 Å². The van der Waals surface area contributed by atoms with Crippen molar-refractivity contribution in [3.05, 3.63) is 12.2 Å². The molecule has 0 saturated heterocycles. The minimum Gasteiger partial charge on any atom is -0.481 e. The fourth-order valence-corrected chi connectivity index (χ4v) is 2.99. The summed E-state index contributed by atoms with van der Waals surface area (Å²) in [5.41, 5.74) is 0. The minimum absolute atomic E-state index is 0.0160. The van der Waals surface area contributed by atoms with Gasteiger partial charge in [-0.15, -0.1) is 0 Å². The van der Waals surface area contributed by atoms with Crippen molar-refractivity contribution in [2.75, 3.05) is 13.2 Å². The average molecular weight is 254 g/mol. The zero-order chi connectivity index (χ0) is 13.1. The Balaban J connectivity index is 2.07. The molecule has 3 aliphatic rings. The number of aliphatic hydroxyl groups excluding tert-OH is 1. The lowest BCUT2D eigenvalue weighted by atomic mass is 9.62. The van der Waals surface area contributed by atoms with Crippen LogP contribution in [0.3, 0.4) is 0 Å². The highest BCUT2D eigenvalue weighted by Crippen LogP contribution is 2.45. The number of carboxylic acids is 1. The molecule has 0 heterocycles. The second-order valence-corrected chi connectivity index (χ2v) is 4.92. The number of fused-ring (bicyclic) bond motifs is 2. The number of aliphatic hydroxyl groups is 1. The maximum Gasteiger partial charge on any atom is 0.310 e. The highest BCUT2D eigenvalue weighted by atomic mass is 16.5. The SMILES string of the molecule is O=C(O)C1C2C=CC(CC2)C1C(=O)OCCCO. The number of esters is 1. The van der Waals surface area contributed by atoms with Crippen molar-refractivity contribution >= 4 is 11.9 Å². The van der Waals surface area contributed by atoms with E-state index < -0.39 is 23.8 Å². The summed E-state index contributed by atoms with van der Waals surface area (Å²) in [6.07, 6.45) is 5.94. The van der Waals surface area contributed by atoms with E-state index in [1.165, 1.54) is 0 Å². The average Bonchev–Trinajstić information content (AvgIpc) is 2.39. The largest absolute Gasteiger partial charge is 0.481 e. The van der Waals surface area contributed by atoms with Gasteiger partial charge in [-0.3, -0.25) is 9.59 Å². The Morgan fingerprint density at radius 1 is 1.17 bits per heavy atom. The standard InChI is InChI=1S/C13H18O5/c14-6-1-7-18-13(17)11-9-4-2-8(3-5-9)10(11)12(15)16/h2,4,8-11,14H,1,3,5-7H2,(H,15,16). The molecule has 2 bridgehead atoms. The molecule has 18 heavy (non-hydrogen) atoms. The van der Waals surface area contributed by atoms with Crippen molar-refractivity contribution in [1.29, 1.82) is 0 Å². The highest BCUT2D eigenvalue weighted by Gasteiger charge is 2.48. The minimum atomic E-state index is -0.918.